The lowest BCUT2D eigenvalue weighted by atomic mass is 10.1. The molecule has 2 N–H and O–H groups in total. The molecule has 4 aromatic rings. The van der Waals surface area contributed by atoms with Crippen LogP contribution in [0.25, 0.3) is 10.9 Å². The second-order valence-corrected chi connectivity index (χ2v) is 7.90. The summed E-state index contributed by atoms with van der Waals surface area (Å²) in [6, 6.07) is 18.0. The topological polar surface area (TPSA) is 67.0 Å². The SMILES string of the molecule is COc1ccc(CCNC(=O)c2c[nH]c3cccc(SCc4ccncc4)c23)cc1. The van der Waals surface area contributed by atoms with Crippen molar-refractivity contribution >= 4 is 28.6 Å². The number of methoxy groups -OCH3 is 1. The molecule has 6 heteroatoms. The van der Waals surface area contributed by atoms with E-state index in [-0.39, 0.29) is 5.91 Å². The summed E-state index contributed by atoms with van der Waals surface area (Å²) in [4.78, 5) is 21.3. The van der Waals surface area contributed by atoms with E-state index in [2.05, 4.69) is 21.4 Å². The molecule has 2 aromatic heterocycles. The van der Waals surface area contributed by atoms with Gasteiger partial charge < -0.3 is 15.0 Å². The summed E-state index contributed by atoms with van der Waals surface area (Å²) in [7, 11) is 1.65. The van der Waals surface area contributed by atoms with E-state index in [1.54, 1.807) is 37.5 Å². The van der Waals surface area contributed by atoms with E-state index < -0.39 is 0 Å². The van der Waals surface area contributed by atoms with Crippen LogP contribution in [0.15, 0.2) is 78.1 Å². The number of nitrogens with one attached hydrogen (secondary N) is 2. The standard InChI is InChI=1S/C24H23N3O2S/c1-29-19-7-5-17(6-8-19)11-14-26-24(28)20-15-27-21-3-2-4-22(23(20)21)30-16-18-9-12-25-13-10-18/h2-10,12-13,15,27H,11,14,16H2,1H3,(H,26,28). The van der Waals surface area contributed by atoms with Gasteiger partial charge in [0.2, 0.25) is 0 Å². The Morgan fingerprint density at radius 3 is 2.63 bits per heavy atom. The quantitative estimate of drug-likeness (QED) is 0.403. The van der Waals surface area contributed by atoms with Crippen molar-refractivity contribution in [1.82, 2.24) is 15.3 Å². The number of amides is 1. The molecule has 2 heterocycles. The zero-order valence-corrected chi connectivity index (χ0v) is 17.5. The van der Waals surface area contributed by atoms with E-state index in [9.17, 15) is 4.79 Å². The molecular formula is C24H23N3O2S. The number of ether oxygens (including phenoxy) is 1. The summed E-state index contributed by atoms with van der Waals surface area (Å²) in [6.07, 6.45) is 6.16. The van der Waals surface area contributed by atoms with Crippen molar-refractivity contribution in [2.24, 2.45) is 0 Å². The van der Waals surface area contributed by atoms with Crippen LogP contribution in [0.5, 0.6) is 5.75 Å². The third-order valence-corrected chi connectivity index (χ3v) is 6.04. The number of fused-ring (bicyclic) bond motifs is 1. The summed E-state index contributed by atoms with van der Waals surface area (Å²) in [5, 5.41) is 4.02. The van der Waals surface area contributed by atoms with Crippen LogP contribution in [-0.4, -0.2) is 29.5 Å². The average Bonchev–Trinajstić information content (AvgIpc) is 3.24. The first kappa shape index (κ1) is 20.0. The van der Waals surface area contributed by atoms with Crippen LogP contribution in [0.1, 0.15) is 21.5 Å². The van der Waals surface area contributed by atoms with Gasteiger partial charge in [0.05, 0.1) is 12.7 Å². The van der Waals surface area contributed by atoms with Crippen LogP contribution in [0.2, 0.25) is 0 Å². The lowest BCUT2D eigenvalue weighted by Crippen LogP contribution is -2.25. The molecule has 0 aliphatic heterocycles. The van der Waals surface area contributed by atoms with Gasteiger partial charge in [-0.1, -0.05) is 18.2 Å². The fourth-order valence-corrected chi connectivity index (χ4v) is 4.35. The van der Waals surface area contributed by atoms with Gasteiger partial charge in [-0.05, 0) is 53.9 Å². The normalized spacial score (nSPS) is 10.8. The van der Waals surface area contributed by atoms with Crippen LogP contribution < -0.4 is 10.1 Å². The van der Waals surface area contributed by atoms with Gasteiger partial charge in [-0.2, -0.15) is 0 Å². The molecule has 1 amide bonds. The zero-order valence-electron chi connectivity index (χ0n) is 16.7. The summed E-state index contributed by atoms with van der Waals surface area (Å²) in [5.74, 6) is 1.59. The zero-order chi connectivity index (χ0) is 20.8. The van der Waals surface area contributed by atoms with Crippen molar-refractivity contribution in [2.75, 3.05) is 13.7 Å². The van der Waals surface area contributed by atoms with Crippen LogP contribution in [0, 0.1) is 0 Å². The van der Waals surface area contributed by atoms with Crippen molar-refractivity contribution < 1.29 is 9.53 Å². The van der Waals surface area contributed by atoms with E-state index in [4.69, 9.17) is 4.74 Å². The molecule has 0 bridgehead atoms. The Morgan fingerprint density at radius 2 is 1.87 bits per heavy atom. The van der Waals surface area contributed by atoms with E-state index in [1.165, 1.54) is 5.56 Å². The van der Waals surface area contributed by atoms with E-state index in [0.29, 0.717) is 12.1 Å². The van der Waals surface area contributed by atoms with Crippen LogP contribution >= 0.6 is 11.8 Å². The van der Waals surface area contributed by atoms with Gasteiger partial charge in [0.25, 0.3) is 5.91 Å². The monoisotopic (exact) mass is 417 g/mol. The Balaban J connectivity index is 1.44. The highest BCUT2D eigenvalue weighted by molar-refractivity contribution is 7.98. The van der Waals surface area contributed by atoms with Crippen molar-refractivity contribution in [2.45, 2.75) is 17.1 Å². The fourth-order valence-electron chi connectivity index (χ4n) is 3.30. The number of hydrogen-bond donors (Lipinski definition) is 2. The Morgan fingerprint density at radius 1 is 1.07 bits per heavy atom. The Bertz CT molecular complexity index is 1120. The number of nitrogens with zero attached hydrogens (tertiary/aromatic N) is 1. The van der Waals surface area contributed by atoms with Gasteiger partial charge in [0.1, 0.15) is 5.75 Å². The van der Waals surface area contributed by atoms with Crippen LogP contribution in [-0.2, 0) is 12.2 Å². The summed E-state index contributed by atoms with van der Waals surface area (Å²) < 4.78 is 5.18. The second-order valence-electron chi connectivity index (χ2n) is 6.88. The third-order valence-electron chi connectivity index (χ3n) is 4.91. The highest BCUT2D eigenvalue weighted by Gasteiger charge is 2.15. The smallest absolute Gasteiger partial charge is 0.253 e. The number of hydrogen-bond acceptors (Lipinski definition) is 4. The molecule has 0 fully saturated rings. The molecule has 0 saturated heterocycles. The molecule has 0 aliphatic rings. The molecule has 0 unspecified atom stereocenters. The van der Waals surface area contributed by atoms with E-state index in [1.807, 2.05) is 48.5 Å². The number of thioether (sulfide) groups is 1. The molecule has 0 atom stereocenters. The maximum atomic E-state index is 12.9. The Kier molecular flexibility index (Phi) is 6.35. The van der Waals surface area contributed by atoms with Gasteiger partial charge in [-0.25, -0.2) is 0 Å². The van der Waals surface area contributed by atoms with Crippen LogP contribution in [0.4, 0.5) is 0 Å². The Hall–Kier alpha value is -3.25. The molecule has 4 rings (SSSR count). The number of H-pyrrole nitrogens is 1. The number of pyridine rings is 1. The van der Waals surface area contributed by atoms with E-state index in [0.717, 1.165) is 39.3 Å². The molecule has 0 radical (unpaired) electrons. The van der Waals surface area contributed by atoms with Gasteiger partial charge >= 0.3 is 0 Å². The molecule has 2 aromatic carbocycles. The fraction of sp³-hybridized carbons (Fsp3) is 0.167. The van der Waals surface area contributed by atoms with E-state index >= 15 is 0 Å². The lowest BCUT2D eigenvalue weighted by molar-refractivity contribution is 0.0955. The molecule has 0 aliphatic carbocycles. The molecule has 5 nitrogen and oxygen atoms in total. The average molecular weight is 418 g/mol. The highest BCUT2D eigenvalue weighted by Crippen LogP contribution is 2.32. The Labute approximate surface area is 179 Å². The first-order valence-electron chi connectivity index (χ1n) is 9.77. The largest absolute Gasteiger partial charge is 0.497 e. The first-order chi connectivity index (χ1) is 14.7. The van der Waals surface area contributed by atoms with Crippen LogP contribution in [0.3, 0.4) is 0 Å². The number of rotatable bonds is 8. The van der Waals surface area contributed by atoms with Gasteiger partial charge in [-0.15, -0.1) is 11.8 Å². The molecule has 0 spiro atoms. The summed E-state index contributed by atoms with van der Waals surface area (Å²) in [6.45, 7) is 0.574. The van der Waals surface area contributed by atoms with Crippen molar-refractivity contribution in [3.05, 3.63) is 89.9 Å². The molecular weight excluding hydrogens is 394 g/mol. The summed E-state index contributed by atoms with van der Waals surface area (Å²) in [5.41, 5.74) is 4.00. The highest BCUT2D eigenvalue weighted by atomic mass is 32.2. The molecule has 0 saturated carbocycles. The minimum Gasteiger partial charge on any atom is -0.497 e. The molecule has 152 valence electrons. The van der Waals surface area contributed by atoms with Crippen molar-refractivity contribution in [1.29, 1.82) is 0 Å². The minimum atomic E-state index is -0.0632. The van der Waals surface area contributed by atoms with Crippen molar-refractivity contribution in [3.63, 3.8) is 0 Å². The second kappa shape index (κ2) is 9.50. The third kappa shape index (κ3) is 4.66. The van der Waals surface area contributed by atoms with Gasteiger partial charge in [-0.3, -0.25) is 9.78 Å². The van der Waals surface area contributed by atoms with Gasteiger partial charge in [0, 0.05) is 46.7 Å². The first-order valence-corrected chi connectivity index (χ1v) is 10.8. The predicted octanol–water partition coefficient (Wildman–Crippen LogP) is 4.84. The number of aromatic nitrogens is 2. The number of aromatic amines is 1. The van der Waals surface area contributed by atoms with Gasteiger partial charge in [0.15, 0.2) is 0 Å². The molecule has 30 heavy (non-hydrogen) atoms. The number of carbonyl (C=O) groups is 1. The predicted molar refractivity (Wildman–Crippen MR) is 121 cm³/mol. The number of benzene rings is 2. The maximum Gasteiger partial charge on any atom is 0.253 e. The lowest BCUT2D eigenvalue weighted by Gasteiger charge is -2.08. The van der Waals surface area contributed by atoms with Crippen molar-refractivity contribution in [3.8, 4) is 5.75 Å². The number of carbonyl (C=O) groups excluding carboxylic acids is 1. The summed E-state index contributed by atoms with van der Waals surface area (Å²) >= 11 is 1.72. The maximum absolute atomic E-state index is 12.9. The minimum absolute atomic E-state index is 0.0632.